The molecular weight excluding hydrogens is 463 g/mol. The van der Waals surface area contributed by atoms with Crippen LogP contribution in [0.5, 0.6) is 0 Å². The summed E-state index contributed by atoms with van der Waals surface area (Å²) in [5.41, 5.74) is 10.3. The Bertz CT molecular complexity index is 1130. The predicted octanol–water partition coefficient (Wildman–Crippen LogP) is 5.76. The summed E-state index contributed by atoms with van der Waals surface area (Å²) in [7, 11) is 0. The molecule has 0 radical (unpaired) electrons. The average Bonchev–Trinajstić information content (AvgIpc) is 3.13. The van der Waals surface area contributed by atoms with E-state index >= 15 is 0 Å². The summed E-state index contributed by atoms with van der Waals surface area (Å²) in [4.78, 5) is 18.7. The van der Waals surface area contributed by atoms with Crippen molar-refractivity contribution in [3.63, 3.8) is 0 Å². The first-order chi connectivity index (χ1) is 15.4. The van der Waals surface area contributed by atoms with Crippen molar-refractivity contribution in [1.82, 2.24) is 9.88 Å². The third kappa shape index (κ3) is 6.69. The lowest BCUT2D eigenvalue weighted by atomic mass is 10.1. The van der Waals surface area contributed by atoms with Crippen LogP contribution in [-0.2, 0) is 13.1 Å². The molecule has 0 aliphatic heterocycles. The molecule has 0 aliphatic rings. The zero-order valence-electron chi connectivity index (χ0n) is 18.3. The Morgan fingerprint density at radius 2 is 1.81 bits per heavy atom. The summed E-state index contributed by atoms with van der Waals surface area (Å²) in [5, 5.41) is 5.82. The first kappa shape index (κ1) is 24.5. The van der Waals surface area contributed by atoms with Crippen molar-refractivity contribution in [3.05, 3.63) is 79.0 Å². The highest BCUT2D eigenvalue weighted by Crippen LogP contribution is 2.22. The van der Waals surface area contributed by atoms with Crippen LogP contribution in [-0.4, -0.2) is 17.0 Å². The van der Waals surface area contributed by atoms with Crippen molar-refractivity contribution in [2.45, 2.75) is 46.2 Å². The molecule has 1 aromatic heterocycles. The number of rotatable bonds is 9. The highest BCUT2D eigenvalue weighted by atomic mass is 35.5. The van der Waals surface area contributed by atoms with Crippen LogP contribution in [0.1, 0.15) is 46.4 Å². The van der Waals surface area contributed by atoms with Gasteiger partial charge in [0.1, 0.15) is 5.69 Å². The number of aryl methyl sites for hydroxylation is 2. The molecule has 0 spiro atoms. The lowest BCUT2D eigenvalue weighted by Gasteiger charge is -2.10. The molecule has 0 fully saturated rings. The van der Waals surface area contributed by atoms with Gasteiger partial charge in [-0.25, -0.2) is 4.99 Å². The van der Waals surface area contributed by atoms with Gasteiger partial charge < -0.3 is 15.6 Å². The van der Waals surface area contributed by atoms with Crippen LogP contribution in [0.4, 0.5) is 5.69 Å². The third-order valence-corrected chi connectivity index (χ3v) is 6.59. The van der Waals surface area contributed by atoms with Crippen molar-refractivity contribution in [2.24, 2.45) is 10.7 Å². The molecule has 170 valence electrons. The van der Waals surface area contributed by atoms with Crippen molar-refractivity contribution in [2.75, 3.05) is 6.54 Å². The molecule has 0 unspecified atom stereocenters. The number of benzene rings is 2. The number of hydrogen-bond acceptors (Lipinski definition) is 4. The molecule has 1 amide bonds. The third-order valence-electron chi connectivity index (χ3n) is 4.98. The fraction of sp³-hybridized carbons (Fsp3) is 0.333. The maximum absolute atomic E-state index is 13.0. The fourth-order valence-corrected chi connectivity index (χ4v) is 4.70. The van der Waals surface area contributed by atoms with Gasteiger partial charge in [-0.2, -0.15) is 0 Å². The van der Waals surface area contributed by atoms with E-state index in [4.69, 9.17) is 33.9 Å². The van der Waals surface area contributed by atoms with E-state index in [1.165, 1.54) is 11.3 Å². The number of aromatic nitrogens is 1. The zero-order chi connectivity index (χ0) is 23.1. The minimum Gasteiger partial charge on any atom is -0.347 e. The predicted molar refractivity (Wildman–Crippen MR) is 134 cm³/mol. The number of amides is 1. The second-order valence-electron chi connectivity index (χ2n) is 7.79. The molecule has 32 heavy (non-hydrogen) atoms. The molecule has 0 saturated heterocycles. The first-order valence-corrected chi connectivity index (χ1v) is 12.2. The van der Waals surface area contributed by atoms with Gasteiger partial charge in [0, 0.05) is 18.5 Å². The van der Waals surface area contributed by atoms with Gasteiger partial charge in [-0.05, 0) is 74.2 Å². The number of carbonyl (C=O) groups is 1. The van der Waals surface area contributed by atoms with Crippen LogP contribution in [0.25, 0.3) is 0 Å². The molecule has 5 nitrogen and oxygen atoms in total. The van der Waals surface area contributed by atoms with Crippen LogP contribution in [0, 0.1) is 13.8 Å². The summed E-state index contributed by atoms with van der Waals surface area (Å²) in [6.45, 7) is 5.86. The van der Waals surface area contributed by atoms with Crippen molar-refractivity contribution < 1.29 is 4.79 Å². The molecule has 1 heterocycles. The van der Waals surface area contributed by atoms with Gasteiger partial charge in [0.05, 0.1) is 15.7 Å². The van der Waals surface area contributed by atoms with Crippen molar-refractivity contribution >= 4 is 46.1 Å². The molecular formula is C24H28Cl2N4OS. The van der Waals surface area contributed by atoms with Gasteiger partial charge in [0.2, 0.25) is 0 Å². The molecule has 3 rings (SSSR count). The summed E-state index contributed by atoms with van der Waals surface area (Å²) in [5.74, 6) is -0.145. The number of nitrogens with zero attached hydrogens (tertiary/aromatic N) is 2. The number of halogens is 2. The van der Waals surface area contributed by atoms with Gasteiger partial charge in [0.25, 0.3) is 5.91 Å². The highest BCUT2D eigenvalue weighted by Gasteiger charge is 2.14. The van der Waals surface area contributed by atoms with Gasteiger partial charge in [-0.1, -0.05) is 41.8 Å². The van der Waals surface area contributed by atoms with E-state index in [1.807, 2.05) is 16.0 Å². The van der Waals surface area contributed by atoms with E-state index in [-0.39, 0.29) is 5.91 Å². The molecule has 0 aliphatic carbocycles. The quantitative estimate of drug-likeness (QED) is 0.374. The van der Waals surface area contributed by atoms with Crippen LogP contribution >= 0.6 is 34.5 Å². The normalized spacial score (nSPS) is 11.7. The topological polar surface area (TPSA) is 72.4 Å². The number of unbranched alkanes of at least 4 members (excludes halogenated alkanes) is 2. The Hall–Kier alpha value is -2.12. The van der Waals surface area contributed by atoms with Gasteiger partial charge >= 0.3 is 0 Å². The number of thiazole rings is 1. The Kier molecular flexibility index (Phi) is 8.93. The summed E-state index contributed by atoms with van der Waals surface area (Å²) in [6, 6.07) is 11.6. The summed E-state index contributed by atoms with van der Waals surface area (Å²) < 4.78 is 2.00. The van der Waals surface area contributed by atoms with Gasteiger partial charge in [0.15, 0.2) is 4.80 Å². The second-order valence-corrected chi connectivity index (χ2v) is 9.44. The molecule has 8 heteroatoms. The molecule has 3 N–H and O–H groups in total. The van der Waals surface area contributed by atoms with Crippen molar-refractivity contribution in [1.29, 1.82) is 0 Å². The van der Waals surface area contributed by atoms with Crippen LogP contribution in [0.2, 0.25) is 10.0 Å². The summed E-state index contributed by atoms with van der Waals surface area (Å²) in [6.07, 6.45) is 2.90. The number of nitrogens with two attached hydrogens (primary N) is 1. The molecule has 0 bridgehead atoms. The SMILES string of the molecule is Cc1cc(C)cc(N=c2scc(C(=O)NCc3ccc(Cl)c(Cl)c3)n2CCCCCN)c1. The zero-order valence-corrected chi connectivity index (χ0v) is 20.7. The van der Waals surface area contributed by atoms with E-state index in [2.05, 4.69) is 37.4 Å². The minimum atomic E-state index is -0.145. The average molecular weight is 491 g/mol. The smallest absolute Gasteiger partial charge is 0.269 e. The van der Waals surface area contributed by atoms with E-state index in [1.54, 1.807) is 12.1 Å². The lowest BCUT2D eigenvalue weighted by Crippen LogP contribution is -2.28. The van der Waals surface area contributed by atoms with E-state index < -0.39 is 0 Å². The van der Waals surface area contributed by atoms with Crippen molar-refractivity contribution in [3.8, 4) is 0 Å². The van der Waals surface area contributed by atoms with Crippen LogP contribution in [0.3, 0.4) is 0 Å². The number of nitrogens with one attached hydrogen (secondary N) is 1. The van der Waals surface area contributed by atoms with E-state index in [0.29, 0.717) is 35.4 Å². The molecule has 0 saturated carbocycles. The van der Waals surface area contributed by atoms with E-state index in [0.717, 1.165) is 46.4 Å². The molecule has 2 aromatic carbocycles. The maximum atomic E-state index is 13.0. The number of carbonyl (C=O) groups excluding carboxylic acids is 1. The maximum Gasteiger partial charge on any atom is 0.269 e. The first-order valence-electron chi connectivity index (χ1n) is 10.6. The Morgan fingerprint density at radius 3 is 2.50 bits per heavy atom. The fourth-order valence-electron chi connectivity index (χ4n) is 3.46. The second kappa shape index (κ2) is 11.7. The number of hydrogen-bond donors (Lipinski definition) is 2. The van der Waals surface area contributed by atoms with Gasteiger partial charge in [-0.15, -0.1) is 11.3 Å². The monoisotopic (exact) mass is 490 g/mol. The Balaban J connectivity index is 1.85. The van der Waals surface area contributed by atoms with Gasteiger partial charge in [-0.3, -0.25) is 4.79 Å². The summed E-state index contributed by atoms with van der Waals surface area (Å²) >= 11 is 13.5. The molecule has 0 atom stereocenters. The Labute approximate surface area is 202 Å². The largest absolute Gasteiger partial charge is 0.347 e. The highest BCUT2D eigenvalue weighted by molar-refractivity contribution is 7.07. The minimum absolute atomic E-state index is 0.145. The van der Waals surface area contributed by atoms with Crippen LogP contribution < -0.4 is 15.9 Å². The standard InChI is InChI=1S/C24H28Cl2N4OS/c1-16-10-17(2)12-19(11-16)29-24-30(9-5-3-4-8-27)22(15-32-24)23(31)28-14-18-6-7-20(25)21(26)13-18/h6-7,10-13,15H,3-5,8-9,14,27H2,1-2H3,(H,28,31). The van der Waals surface area contributed by atoms with Crippen LogP contribution in [0.15, 0.2) is 46.8 Å². The Morgan fingerprint density at radius 1 is 1.06 bits per heavy atom. The molecule has 3 aromatic rings. The van der Waals surface area contributed by atoms with E-state index in [9.17, 15) is 4.79 Å². The lowest BCUT2D eigenvalue weighted by molar-refractivity contribution is 0.0941.